The molecule has 43 heavy (non-hydrogen) atoms. The maximum atomic E-state index is 14.2. The molecule has 2 aromatic carbocycles. The molecule has 2 aliphatic rings. The summed E-state index contributed by atoms with van der Waals surface area (Å²) in [5, 5.41) is 15.4. The van der Waals surface area contributed by atoms with E-state index in [0.29, 0.717) is 11.8 Å². The van der Waals surface area contributed by atoms with E-state index in [2.05, 4.69) is 16.7 Å². The second kappa shape index (κ2) is 12.5. The minimum absolute atomic E-state index is 0.0232. The number of nitriles is 1. The van der Waals surface area contributed by atoms with Crippen LogP contribution in [0.4, 0.5) is 20.2 Å². The first-order chi connectivity index (χ1) is 20.3. The molecule has 1 fully saturated rings. The Morgan fingerprint density at radius 2 is 1.72 bits per heavy atom. The zero-order chi connectivity index (χ0) is 31.6. The number of nitrogens with one attached hydrogen (secondary N) is 2. The first kappa shape index (κ1) is 31.6. The molecular formula is C32H37F2N5O4. The normalized spacial score (nSPS) is 20.5. The Bertz CT molecular complexity index is 1450. The summed E-state index contributed by atoms with van der Waals surface area (Å²) in [7, 11) is 1.44. The number of amides is 4. The third-order valence-corrected chi connectivity index (χ3v) is 8.16. The number of fused-ring (bicyclic) bond motifs is 2. The number of hydrogen-bond acceptors (Lipinski definition) is 5. The molecule has 2 heterocycles. The highest BCUT2D eigenvalue weighted by Gasteiger charge is 2.56. The highest BCUT2D eigenvalue weighted by atomic mass is 19.1. The van der Waals surface area contributed by atoms with Gasteiger partial charge in [0, 0.05) is 37.5 Å². The molecule has 0 aromatic heterocycles. The van der Waals surface area contributed by atoms with E-state index in [1.54, 1.807) is 18.2 Å². The van der Waals surface area contributed by atoms with Crippen molar-refractivity contribution in [3.05, 3.63) is 59.7 Å². The van der Waals surface area contributed by atoms with Crippen molar-refractivity contribution < 1.29 is 28.0 Å². The molecule has 4 amide bonds. The van der Waals surface area contributed by atoms with Gasteiger partial charge in [0.05, 0.1) is 11.5 Å². The third-order valence-electron chi connectivity index (χ3n) is 8.16. The summed E-state index contributed by atoms with van der Waals surface area (Å²) in [6.07, 6.45) is 0.489. The molecular weight excluding hydrogens is 556 g/mol. The number of anilines is 2. The fraction of sp³-hybridized carbons (Fsp3) is 0.469. The maximum absolute atomic E-state index is 14.2. The fourth-order valence-corrected chi connectivity index (χ4v) is 6.09. The van der Waals surface area contributed by atoms with Crippen molar-refractivity contribution in [1.29, 1.82) is 5.26 Å². The van der Waals surface area contributed by atoms with Gasteiger partial charge in [-0.05, 0) is 48.4 Å². The van der Waals surface area contributed by atoms with Gasteiger partial charge in [0.1, 0.15) is 29.6 Å². The van der Waals surface area contributed by atoms with Crippen LogP contribution < -0.4 is 10.6 Å². The van der Waals surface area contributed by atoms with E-state index in [1.165, 1.54) is 16.8 Å². The van der Waals surface area contributed by atoms with E-state index in [9.17, 15) is 33.2 Å². The largest absolute Gasteiger partial charge is 0.333 e. The summed E-state index contributed by atoms with van der Waals surface area (Å²) in [6.45, 7) is 7.42. The Balaban J connectivity index is 1.62. The predicted molar refractivity (Wildman–Crippen MR) is 156 cm³/mol. The molecule has 1 unspecified atom stereocenters. The van der Waals surface area contributed by atoms with Gasteiger partial charge in [-0.3, -0.25) is 19.2 Å². The highest BCUT2D eigenvalue weighted by Crippen LogP contribution is 2.46. The lowest BCUT2D eigenvalue weighted by molar-refractivity contribution is -0.150. The molecule has 0 saturated carbocycles. The molecule has 9 nitrogen and oxygen atoms in total. The topological polar surface area (TPSA) is 123 Å². The lowest BCUT2D eigenvalue weighted by atomic mass is 9.80. The predicted octanol–water partition coefficient (Wildman–Crippen LogP) is 4.45. The van der Waals surface area contributed by atoms with Crippen LogP contribution in [0, 0.1) is 40.7 Å². The molecule has 4 rings (SSSR count). The van der Waals surface area contributed by atoms with E-state index in [-0.39, 0.29) is 49.2 Å². The second-order valence-electron chi connectivity index (χ2n) is 12.3. The van der Waals surface area contributed by atoms with Gasteiger partial charge in [0.2, 0.25) is 23.6 Å². The molecule has 2 aromatic rings. The molecule has 0 aliphatic carbocycles. The molecule has 0 radical (unpaired) electrons. The molecule has 4 atom stereocenters. The zero-order valence-corrected chi connectivity index (χ0v) is 25.0. The molecule has 0 bridgehead atoms. The molecule has 1 saturated heterocycles. The smallest absolute Gasteiger partial charge is 0.246 e. The van der Waals surface area contributed by atoms with Crippen molar-refractivity contribution in [2.45, 2.75) is 64.5 Å². The van der Waals surface area contributed by atoms with Gasteiger partial charge in [0.25, 0.3) is 0 Å². The van der Waals surface area contributed by atoms with E-state index in [0.717, 1.165) is 17.7 Å². The molecule has 1 spiro atoms. The van der Waals surface area contributed by atoms with Crippen molar-refractivity contribution in [2.24, 2.45) is 17.8 Å². The molecule has 11 heteroatoms. The molecule has 228 valence electrons. The minimum atomic E-state index is -1.25. The van der Waals surface area contributed by atoms with Crippen molar-refractivity contribution in [1.82, 2.24) is 9.80 Å². The van der Waals surface area contributed by atoms with E-state index in [1.807, 2.05) is 33.8 Å². The highest BCUT2D eigenvalue weighted by molar-refractivity contribution is 6.08. The number of nitrogens with zero attached hydrogens (tertiary/aromatic N) is 3. The lowest BCUT2D eigenvalue weighted by Crippen LogP contribution is -2.54. The maximum Gasteiger partial charge on any atom is 0.246 e. The standard InChI is InChI=1S/C32H37F2N5O4/c1-18(2)10-24(28(40)36-22-13-20(33)12-21(34)14-22)29(41)38(5)27(11-19(3)4)30(42)39-17-32(15-23(39)16-35)25-8-6-7-9-26(25)37-31(32)43/h6-9,12-14,18-19,23-24,27H,10-11,15,17H2,1-5H3,(H,36,40)(H,37,43)/t23-,24?,27-,32-/m0/s1. The van der Waals surface area contributed by atoms with Crippen molar-refractivity contribution in [2.75, 3.05) is 24.2 Å². The average Bonchev–Trinajstić information content (AvgIpc) is 3.46. The summed E-state index contributed by atoms with van der Waals surface area (Å²) < 4.78 is 27.5. The number of para-hydroxylation sites is 1. The summed E-state index contributed by atoms with van der Waals surface area (Å²) in [6, 6.07) is 10.0. The number of likely N-dealkylation sites (N-methyl/N-ethyl adjacent to an activating group) is 1. The van der Waals surface area contributed by atoms with Crippen LogP contribution in [0.5, 0.6) is 0 Å². The first-order valence-electron chi connectivity index (χ1n) is 14.4. The monoisotopic (exact) mass is 593 g/mol. The summed E-state index contributed by atoms with van der Waals surface area (Å²) in [4.78, 5) is 57.3. The molecule has 2 N–H and O–H groups in total. The van der Waals surface area contributed by atoms with Gasteiger partial charge >= 0.3 is 0 Å². The Morgan fingerprint density at radius 3 is 2.33 bits per heavy atom. The van der Waals surface area contributed by atoms with Gasteiger partial charge < -0.3 is 20.4 Å². The van der Waals surface area contributed by atoms with Gasteiger partial charge in [-0.15, -0.1) is 0 Å². The van der Waals surface area contributed by atoms with Crippen molar-refractivity contribution >= 4 is 35.0 Å². The SMILES string of the molecule is CC(C)CC(C(=O)Nc1cc(F)cc(F)c1)C(=O)N(C)[C@@H](CC(C)C)C(=O)N1C[C@]2(C[C@H]1C#N)C(=O)Nc1ccccc12. The Morgan fingerprint density at radius 1 is 1.09 bits per heavy atom. The van der Waals surface area contributed by atoms with Gasteiger partial charge in [-0.25, -0.2) is 8.78 Å². The number of hydrogen-bond donors (Lipinski definition) is 2. The molecule has 2 aliphatic heterocycles. The van der Waals surface area contributed by atoms with Gasteiger partial charge in [-0.2, -0.15) is 5.26 Å². The third kappa shape index (κ3) is 6.38. The van der Waals surface area contributed by atoms with E-state index in [4.69, 9.17) is 0 Å². The Kier molecular flexibility index (Phi) is 9.18. The van der Waals surface area contributed by atoms with Crippen LogP contribution in [-0.4, -0.2) is 59.1 Å². The fourth-order valence-electron chi connectivity index (χ4n) is 6.09. The lowest BCUT2D eigenvalue weighted by Gasteiger charge is -2.35. The summed E-state index contributed by atoms with van der Waals surface area (Å²) in [5.74, 6) is -5.29. The van der Waals surface area contributed by atoms with Crippen LogP contribution in [0.15, 0.2) is 42.5 Å². The van der Waals surface area contributed by atoms with Gasteiger partial charge in [-0.1, -0.05) is 45.9 Å². The summed E-state index contributed by atoms with van der Waals surface area (Å²) in [5.41, 5.74) is 0.154. The van der Waals surface area contributed by atoms with Crippen LogP contribution in [0.2, 0.25) is 0 Å². The number of benzene rings is 2. The summed E-state index contributed by atoms with van der Waals surface area (Å²) >= 11 is 0. The van der Waals surface area contributed by atoms with Crippen LogP contribution in [0.25, 0.3) is 0 Å². The minimum Gasteiger partial charge on any atom is -0.333 e. The average molecular weight is 594 g/mol. The van der Waals surface area contributed by atoms with Gasteiger partial charge in [0.15, 0.2) is 0 Å². The Hall–Kier alpha value is -4.33. The van der Waals surface area contributed by atoms with Crippen molar-refractivity contribution in [3.8, 4) is 6.07 Å². The zero-order valence-electron chi connectivity index (χ0n) is 25.0. The Labute approximate surface area is 250 Å². The first-order valence-corrected chi connectivity index (χ1v) is 14.4. The van der Waals surface area contributed by atoms with E-state index >= 15 is 0 Å². The number of carbonyl (C=O) groups excluding carboxylic acids is 4. The van der Waals surface area contributed by atoms with Crippen LogP contribution in [0.1, 0.15) is 52.5 Å². The van der Waals surface area contributed by atoms with Crippen LogP contribution in [0.3, 0.4) is 0 Å². The number of carbonyl (C=O) groups is 4. The number of likely N-dealkylation sites (tertiary alicyclic amines) is 1. The second-order valence-corrected chi connectivity index (χ2v) is 12.3. The van der Waals surface area contributed by atoms with Crippen LogP contribution in [-0.2, 0) is 24.6 Å². The number of halogens is 2. The van der Waals surface area contributed by atoms with Crippen LogP contribution >= 0.6 is 0 Å². The van der Waals surface area contributed by atoms with E-state index < -0.39 is 52.8 Å². The number of rotatable bonds is 9. The quantitative estimate of drug-likeness (QED) is 0.416. The van der Waals surface area contributed by atoms with Crippen molar-refractivity contribution in [3.63, 3.8) is 0 Å².